The van der Waals surface area contributed by atoms with E-state index in [0.29, 0.717) is 45.1 Å². The van der Waals surface area contributed by atoms with Crippen LogP contribution in [-0.2, 0) is 30.6 Å². The second-order valence-corrected chi connectivity index (χ2v) is 11.9. The number of likely N-dealkylation sites (tertiary alicyclic amines) is 1. The molecule has 1 N–H and O–H groups in total. The molecule has 5 rings (SSSR count). The zero-order valence-electron chi connectivity index (χ0n) is 18.8. The number of carboxylic acid groups (broad SMARTS) is 1. The summed E-state index contributed by atoms with van der Waals surface area (Å²) in [5, 5.41) is 9.29. The fourth-order valence-electron chi connectivity index (χ4n) is 6.38. The predicted molar refractivity (Wildman–Crippen MR) is 123 cm³/mol. The van der Waals surface area contributed by atoms with Gasteiger partial charge in [0.05, 0.1) is 16.9 Å². The van der Waals surface area contributed by atoms with Gasteiger partial charge in [0.15, 0.2) is 9.84 Å². The van der Waals surface area contributed by atoms with Crippen LogP contribution in [0.3, 0.4) is 0 Å². The number of carbonyl (C=O) groups is 2. The van der Waals surface area contributed by atoms with E-state index in [2.05, 4.69) is 0 Å². The summed E-state index contributed by atoms with van der Waals surface area (Å²) in [7, 11) is -3.95. The lowest BCUT2D eigenvalue weighted by Gasteiger charge is -2.43. The molecule has 3 aliphatic rings. The average molecular weight is 486 g/mol. The Morgan fingerprint density at radius 3 is 2.26 bits per heavy atom. The molecule has 0 radical (unpaired) electrons. The zero-order valence-corrected chi connectivity index (χ0v) is 19.6. The van der Waals surface area contributed by atoms with E-state index in [1.165, 1.54) is 12.1 Å². The highest BCUT2D eigenvalue weighted by molar-refractivity contribution is 7.92. The Balaban J connectivity index is 1.53. The Morgan fingerprint density at radius 1 is 0.941 bits per heavy atom. The van der Waals surface area contributed by atoms with Gasteiger partial charge in [-0.2, -0.15) is 0 Å². The van der Waals surface area contributed by atoms with E-state index < -0.39 is 38.3 Å². The van der Waals surface area contributed by atoms with Crippen molar-refractivity contribution in [2.45, 2.75) is 60.6 Å². The van der Waals surface area contributed by atoms with Gasteiger partial charge in [0.2, 0.25) is 5.91 Å². The molecule has 180 valence electrons. The van der Waals surface area contributed by atoms with E-state index in [4.69, 9.17) is 0 Å². The van der Waals surface area contributed by atoms with Crippen LogP contribution in [0.5, 0.6) is 0 Å². The summed E-state index contributed by atoms with van der Waals surface area (Å²) in [5.41, 5.74) is 1.71. The largest absolute Gasteiger partial charge is 0.481 e. The summed E-state index contributed by atoms with van der Waals surface area (Å²) >= 11 is 0. The van der Waals surface area contributed by atoms with Gasteiger partial charge in [-0.15, -0.1) is 0 Å². The zero-order chi connectivity index (χ0) is 24.1. The van der Waals surface area contributed by atoms with Crippen LogP contribution in [0.15, 0.2) is 53.4 Å². The first kappa shape index (κ1) is 23.0. The van der Waals surface area contributed by atoms with E-state index >= 15 is 0 Å². The Kier molecular flexibility index (Phi) is 5.74. The molecule has 0 spiro atoms. The smallest absolute Gasteiger partial charge is 0.306 e. The fraction of sp³-hybridized carbons (Fsp3) is 0.462. The SMILES string of the molecule is O=C(O)C1CCC(C(=O)N2CCC3(S(=O)(=O)c4ccc(F)cc4)c4ccccc4CCC23)CC1. The van der Waals surface area contributed by atoms with Crippen molar-refractivity contribution in [3.05, 3.63) is 65.5 Å². The molecule has 1 heterocycles. The first-order chi connectivity index (χ1) is 16.3. The minimum atomic E-state index is -3.95. The van der Waals surface area contributed by atoms with Crippen LogP contribution in [0.25, 0.3) is 0 Å². The number of hydrogen-bond donors (Lipinski definition) is 1. The van der Waals surface area contributed by atoms with Crippen LogP contribution in [0.4, 0.5) is 4.39 Å². The van der Waals surface area contributed by atoms with Gasteiger partial charge >= 0.3 is 5.97 Å². The maximum atomic E-state index is 14.2. The average Bonchev–Trinajstić information content (AvgIpc) is 3.26. The van der Waals surface area contributed by atoms with Gasteiger partial charge in [-0.3, -0.25) is 9.59 Å². The normalized spacial score (nSPS) is 28.7. The van der Waals surface area contributed by atoms with Gasteiger partial charge in [-0.05, 0) is 80.3 Å². The number of aryl methyl sites for hydroxylation is 1. The van der Waals surface area contributed by atoms with Gasteiger partial charge in [0.25, 0.3) is 0 Å². The molecule has 6 nitrogen and oxygen atoms in total. The van der Waals surface area contributed by atoms with Gasteiger partial charge in [-0.1, -0.05) is 24.3 Å². The van der Waals surface area contributed by atoms with Gasteiger partial charge in [0.1, 0.15) is 10.6 Å². The molecule has 2 aromatic rings. The quantitative estimate of drug-likeness (QED) is 0.663. The highest BCUT2D eigenvalue weighted by atomic mass is 32.2. The molecule has 8 heteroatoms. The number of carbonyl (C=O) groups excluding carboxylic acids is 1. The number of hydrogen-bond acceptors (Lipinski definition) is 4. The number of rotatable bonds is 4. The van der Waals surface area contributed by atoms with Gasteiger partial charge in [-0.25, -0.2) is 12.8 Å². The van der Waals surface area contributed by atoms with Crippen LogP contribution >= 0.6 is 0 Å². The fourth-order valence-corrected chi connectivity index (χ4v) is 8.74. The molecule has 2 aromatic carbocycles. The van der Waals surface area contributed by atoms with Crippen molar-refractivity contribution in [2.75, 3.05) is 6.54 Å². The van der Waals surface area contributed by atoms with Crippen molar-refractivity contribution in [3.63, 3.8) is 0 Å². The Labute approximate surface area is 198 Å². The molecule has 0 aromatic heterocycles. The predicted octanol–water partition coefficient (Wildman–Crippen LogP) is 3.93. The molecule has 34 heavy (non-hydrogen) atoms. The Bertz CT molecular complexity index is 1220. The van der Waals surface area contributed by atoms with E-state index in [0.717, 1.165) is 23.3 Å². The first-order valence-electron chi connectivity index (χ1n) is 11.9. The van der Waals surface area contributed by atoms with E-state index in [9.17, 15) is 27.5 Å². The lowest BCUT2D eigenvalue weighted by atomic mass is 9.78. The van der Waals surface area contributed by atoms with Gasteiger partial charge < -0.3 is 10.0 Å². The summed E-state index contributed by atoms with van der Waals surface area (Å²) < 4.78 is 40.7. The number of sulfone groups is 1. The summed E-state index contributed by atoms with van der Waals surface area (Å²) in [6, 6.07) is 12.0. The molecular weight excluding hydrogens is 457 g/mol. The lowest BCUT2D eigenvalue weighted by Crippen LogP contribution is -2.53. The van der Waals surface area contributed by atoms with Crippen molar-refractivity contribution in [1.29, 1.82) is 0 Å². The number of nitrogens with zero attached hydrogens (tertiary/aromatic N) is 1. The second-order valence-electron chi connectivity index (χ2n) is 9.73. The highest BCUT2D eigenvalue weighted by Gasteiger charge is 2.61. The maximum Gasteiger partial charge on any atom is 0.306 e. The molecule has 2 aliphatic carbocycles. The van der Waals surface area contributed by atoms with Crippen LogP contribution in [0.1, 0.15) is 49.7 Å². The van der Waals surface area contributed by atoms with Crippen LogP contribution in [-0.4, -0.2) is 42.9 Å². The Hall–Kier alpha value is -2.74. The molecule has 1 amide bonds. The summed E-state index contributed by atoms with van der Waals surface area (Å²) in [6.07, 6.45) is 3.44. The number of fused-ring (bicyclic) bond motifs is 3. The molecular formula is C26H28FNO5S. The minimum Gasteiger partial charge on any atom is -0.481 e. The number of carboxylic acids is 1. The van der Waals surface area contributed by atoms with Crippen molar-refractivity contribution >= 4 is 21.7 Å². The number of aliphatic carboxylic acids is 1. The van der Waals surface area contributed by atoms with Gasteiger partial charge in [0, 0.05) is 12.5 Å². The molecule has 1 saturated heterocycles. The third kappa shape index (κ3) is 3.45. The third-order valence-electron chi connectivity index (χ3n) is 8.11. The van der Waals surface area contributed by atoms with Crippen molar-refractivity contribution < 1.29 is 27.5 Å². The molecule has 2 atom stereocenters. The maximum absolute atomic E-state index is 14.2. The monoisotopic (exact) mass is 485 g/mol. The summed E-state index contributed by atoms with van der Waals surface area (Å²) in [6.45, 7) is 0.330. The highest BCUT2D eigenvalue weighted by Crippen LogP contribution is 2.53. The number of benzene rings is 2. The molecule has 1 aliphatic heterocycles. The summed E-state index contributed by atoms with van der Waals surface area (Å²) in [5.74, 6) is -2.08. The summed E-state index contributed by atoms with van der Waals surface area (Å²) in [4.78, 5) is 26.8. The molecule has 0 bridgehead atoms. The second kappa shape index (κ2) is 8.48. The van der Waals surface area contributed by atoms with E-state index in [-0.39, 0.29) is 23.1 Å². The van der Waals surface area contributed by atoms with E-state index in [1.54, 1.807) is 4.90 Å². The number of amides is 1. The minimum absolute atomic E-state index is 0.0619. The van der Waals surface area contributed by atoms with Crippen LogP contribution in [0, 0.1) is 17.7 Å². The van der Waals surface area contributed by atoms with Crippen LogP contribution < -0.4 is 0 Å². The number of halogens is 1. The van der Waals surface area contributed by atoms with Crippen molar-refractivity contribution in [2.24, 2.45) is 11.8 Å². The third-order valence-corrected chi connectivity index (χ3v) is 10.7. The lowest BCUT2D eigenvalue weighted by molar-refractivity contribution is -0.146. The van der Waals surface area contributed by atoms with E-state index in [1.807, 2.05) is 24.3 Å². The van der Waals surface area contributed by atoms with Crippen molar-refractivity contribution in [3.8, 4) is 0 Å². The molecule has 1 saturated carbocycles. The topological polar surface area (TPSA) is 91.8 Å². The standard InChI is InChI=1S/C26H28FNO5S/c27-20-10-12-21(13-11-20)34(32,33)26-15-16-28(23(26)14-9-17-3-1-2-4-22(17)26)24(29)18-5-7-19(8-6-18)25(30)31/h1-4,10-13,18-19,23H,5-9,14-16H2,(H,30,31). The molecule has 2 fully saturated rings. The first-order valence-corrected chi connectivity index (χ1v) is 13.4. The van der Waals surface area contributed by atoms with Crippen molar-refractivity contribution in [1.82, 2.24) is 4.90 Å². The van der Waals surface area contributed by atoms with Crippen LogP contribution in [0.2, 0.25) is 0 Å². The molecule has 2 unspecified atom stereocenters. The Morgan fingerprint density at radius 2 is 1.59 bits per heavy atom.